The summed E-state index contributed by atoms with van der Waals surface area (Å²) in [7, 11) is 3.79. The minimum atomic E-state index is 0.0499. The Hall–Kier alpha value is -1.60. The predicted octanol–water partition coefficient (Wildman–Crippen LogP) is 1.58. The maximum absolute atomic E-state index is 5.93. The Morgan fingerprint density at radius 1 is 1.52 bits per heavy atom. The summed E-state index contributed by atoms with van der Waals surface area (Å²) in [5.41, 5.74) is 1.53. The molecule has 1 saturated heterocycles. The van der Waals surface area contributed by atoms with Gasteiger partial charge in [0, 0.05) is 52.2 Å². The Morgan fingerprint density at radius 3 is 3.00 bits per heavy atom. The minimum Gasteiger partial charge on any atom is -0.382 e. The van der Waals surface area contributed by atoms with Crippen LogP contribution in [0.1, 0.15) is 37.9 Å². The number of aliphatic imine (C=N–C) groups is 1. The van der Waals surface area contributed by atoms with Crippen molar-refractivity contribution in [3.8, 4) is 0 Å². The first-order valence-corrected chi connectivity index (χ1v) is 9.29. The first-order chi connectivity index (χ1) is 12.2. The van der Waals surface area contributed by atoms with Gasteiger partial charge in [-0.3, -0.25) is 9.67 Å². The SMILES string of the molecule is CCOCCC1(CNC(=NC)N2CCOC(c3cnn(C)c3)C2)CC1. The molecule has 0 radical (unpaired) electrons. The first kappa shape index (κ1) is 18.2. The van der Waals surface area contributed by atoms with Gasteiger partial charge in [0.1, 0.15) is 6.10 Å². The van der Waals surface area contributed by atoms with Crippen molar-refractivity contribution in [3.63, 3.8) is 0 Å². The topological polar surface area (TPSA) is 63.9 Å². The van der Waals surface area contributed by atoms with Crippen LogP contribution in [-0.4, -0.2) is 67.1 Å². The molecule has 2 heterocycles. The average Bonchev–Trinajstić information content (AvgIpc) is 3.26. The number of guanidine groups is 1. The number of ether oxygens (including phenoxy) is 2. The lowest BCUT2D eigenvalue weighted by Crippen LogP contribution is -2.49. The van der Waals surface area contributed by atoms with Crippen molar-refractivity contribution in [2.75, 3.05) is 46.5 Å². The number of nitrogens with one attached hydrogen (secondary N) is 1. The van der Waals surface area contributed by atoms with Crippen LogP contribution in [0.5, 0.6) is 0 Å². The predicted molar refractivity (Wildman–Crippen MR) is 97.6 cm³/mol. The molecule has 0 bridgehead atoms. The Kier molecular flexibility index (Phi) is 5.96. The number of hydrogen-bond acceptors (Lipinski definition) is 4. The Morgan fingerprint density at radius 2 is 2.36 bits per heavy atom. The van der Waals surface area contributed by atoms with Crippen LogP contribution in [-0.2, 0) is 16.5 Å². The lowest BCUT2D eigenvalue weighted by molar-refractivity contribution is -0.00812. The molecule has 1 unspecified atom stereocenters. The molecule has 2 fully saturated rings. The Bertz CT molecular complexity index is 582. The lowest BCUT2D eigenvalue weighted by Gasteiger charge is -2.35. The van der Waals surface area contributed by atoms with Crippen LogP contribution in [0.15, 0.2) is 17.4 Å². The highest BCUT2D eigenvalue weighted by atomic mass is 16.5. The molecular formula is C18H31N5O2. The van der Waals surface area contributed by atoms with Crippen LogP contribution in [0.3, 0.4) is 0 Å². The van der Waals surface area contributed by atoms with Gasteiger partial charge in [-0.2, -0.15) is 5.10 Å². The smallest absolute Gasteiger partial charge is 0.193 e. The molecular weight excluding hydrogens is 318 g/mol. The van der Waals surface area contributed by atoms with E-state index in [9.17, 15) is 0 Å². The second-order valence-corrected chi connectivity index (χ2v) is 7.10. The van der Waals surface area contributed by atoms with Gasteiger partial charge in [-0.05, 0) is 31.6 Å². The zero-order valence-electron chi connectivity index (χ0n) is 15.7. The third-order valence-electron chi connectivity index (χ3n) is 5.23. The number of rotatable bonds is 7. The van der Waals surface area contributed by atoms with Crippen LogP contribution in [0.2, 0.25) is 0 Å². The monoisotopic (exact) mass is 349 g/mol. The molecule has 25 heavy (non-hydrogen) atoms. The highest BCUT2D eigenvalue weighted by molar-refractivity contribution is 5.80. The van der Waals surface area contributed by atoms with Crippen molar-refractivity contribution in [2.45, 2.75) is 32.3 Å². The zero-order valence-corrected chi connectivity index (χ0v) is 15.7. The number of nitrogens with zero attached hydrogens (tertiary/aromatic N) is 4. The van der Waals surface area contributed by atoms with E-state index in [0.717, 1.165) is 50.8 Å². The highest BCUT2D eigenvalue weighted by Crippen LogP contribution is 2.48. The van der Waals surface area contributed by atoms with Crippen molar-refractivity contribution < 1.29 is 9.47 Å². The molecule has 1 aliphatic carbocycles. The number of aryl methyl sites for hydroxylation is 1. The second kappa shape index (κ2) is 8.19. The minimum absolute atomic E-state index is 0.0499. The number of morpholine rings is 1. The van der Waals surface area contributed by atoms with Gasteiger partial charge in [-0.15, -0.1) is 0 Å². The molecule has 0 aromatic carbocycles. The molecule has 0 amide bonds. The zero-order chi connectivity index (χ0) is 17.7. The van der Waals surface area contributed by atoms with E-state index in [1.807, 2.05) is 31.2 Å². The summed E-state index contributed by atoms with van der Waals surface area (Å²) in [6.07, 6.45) is 7.66. The summed E-state index contributed by atoms with van der Waals surface area (Å²) in [6.45, 7) is 7.06. The van der Waals surface area contributed by atoms with Crippen molar-refractivity contribution in [3.05, 3.63) is 18.0 Å². The quantitative estimate of drug-likeness (QED) is 0.460. The van der Waals surface area contributed by atoms with Crippen molar-refractivity contribution >= 4 is 5.96 Å². The van der Waals surface area contributed by atoms with Crippen molar-refractivity contribution in [1.82, 2.24) is 20.0 Å². The fourth-order valence-corrected chi connectivity index (χ4v) is 3.37. The van der Waals surface area contributed by atoms with Crippen LogP contribution >= 0.6 is 0 Å². The summed E-state index contributed by atoms with van der Waals surface area (Å²) >= 11 is 0. The van der Waals surface area contributed by atoms with E-state index in [2.05, 4.69) is 27.2 Å². The fraction of sp³-hybridized carbons (Fsp3) is 0.778. The van der Waals surface area contributed by atoms with E-state index in [0.29, 0.717) is 12.0 Å². The normalized spacial score (nSPS) is 22.9. The highest BCUT2D eigenvalue weighted by Gasteiger charge is 2.42. The van der Waals surface area contributed by atoms with Gasteiger partial charge >= 0.3 is 0 Å². The largest absolute Gasteiger partial charge is 0.382 e. The number of hydrogen-bond donors (Lipinski definition) is 1. The lowest BCUT2D eigenvalue weighted by atomic mass is 10.0. The summed E-state index contributed by atoms with van der Waals surface area (Å²) in [5.74, 6) is 0.972. The maximum atomic E-state index is 5.93. The summed E-state index contributed by atoms with van der Waals surface area (Å²) in [5, 5.41) is 7.84. The standard InChI is InChI=1S/C18H31N5O2/c1-4-24-9-7-18(5-6-18)14-20-17(19-2)23-8-10-25-16(13-23)15-11-21-22(3)12-15/h11-12,16H,4-10,13-14H2,1-3H3,(H,19,20). The molecule has 1 aliphatic heterocycles. The van der Waals surface area contributed by atoms with Crippen LogP contribution in [0, 0.1) is 5.41 Å². The molecule has 140 valence electrons. The molecule has 1 aromatic heterocycles. The van der Waals surface area contributed by atoms with Gasteiger partial charge in [0.25, 0.3) is 0 Å². The molecule has 1 N–H and O–H groups in total. The van der Waals surface area contributed by atoms with E-state index in [4.69, 9.17) is 9.47 Å². The van der Waals surface area contributed by atoms with Gasteiger partial charge in [0.15, 0.2) is 5.96 Å². The first-order valence-electron chi connectivity index (χ1n) is 9.29. The Labute approximate surface area is 150 Å². The molecule has 1 atom stereocenters. The van der Waals surface area contributed by atoms with E-state index in [1.165, 1.54) is 12.8 Å². The van der Waals surface area contributed by atoms with E-state index >= 15 is 0 Å². The van der Waals surface area contributed by atoms with Crippen LogP contribution < -0.4 is 5.32 Å². The molecule has 7 heteroatoms. The third-order valence-corrected chi connectivity index (χ3v) is 5.23. The summed E-state index contributed by atoms with van der Waals surface area (Å²) in [4.78, 5) is 6.79. The molecule has 0 spiro atoms. The fourth-order valence-electron chi connectivity index (χ4n) is 3.37. The maximum Gasteiger partial charge on any atom is 0.193 e. The number of aromatic nitrogens is 2. The molecule has 7 nitrogen and oxygen atoms in total. The summed E-state index contributed by atoms with van der Waals surface area (Å²) in [6, 6.07) is 0. The van der Waals surface area contributed by atoms with E-state index < -0.39 is 0 Å². The van der Waals surface area contributed by atoms with Crippen molar-refractivity contribution in [2.24, 2.45) is 17.5 Å². The average molecular weight is 349 g/mol. The van der Waals surface area contributed by atoms with Gasteiger partial charge in [0.2, 0.25) is 0 Å². The molecule has 1 saturated carbocycles. The molecule has 1 aromatic rings. The van der Waals surface area contributed by atoms with Gasteiger partial charge in [-0.25, -0.2) is 0 Å². The molecule has 3 rings (SSSR count). The van der Waals surface area contributed by atoms with Gasteiger partial charge in [0.05, 0.1) is 19.3 Å². The van der Waals surface area contributed by atoms with Gasteiger partial charge in [-0.1, -0.05) is 0 Å². The van der Waals surface area contributed by atoms with Crippen LogP contribution in [0.25, 0.3) is 0 Å². The van der Waals surface area contributed by atoms with E-state index in [-0.39, 0.29) is 6.10 Å². The third kappa shape index (κ3) is 4.73. The molecule has 2 aliphatic rings. The second-order valence-electron chi connectivity index (χ2n) is 7.10. The van der Waals surface area contributed by atoms with Crippen LogP contribution in [0.4, 0.5) is 0 Å². The van der Waals surface area contributed by atoms with Crippen molar-refractivity contribution in [1.29, 1.82) is 0 Å². The van der Waals surface area contributed by atoms with Gasteiger partial charge < -0.3 is 19.7 Å². The summed E-state index contributed by atoms with van der Waals surface area (Å²) < 4.78 is 13.3. The Balaban J connectivity index is 1.52. The van der Waals surface area contributed by atoms with E-state index in [1.54, 1.807) is 0 Å².